The molecule has 0 aliphatic heterocycles. The number of amides is 2. The lowest BCUT2D eigenvalue weighted by molar-refractivity contribution is -0.139. The highest BCUT2D eigenvalue weighted by molar-refractivity contribution is 7.99. The van der Waals surface area contributed by atoms with Crippen molar-refractivity contribution in [1.82, 2.24) is 10.2 Å². The highest BCUT2D eigenvalue weighted by atomic mass is 35.5. The zero-order valence-electron chi connectivity index (χ0n) is 17.2. The molecule has 0 saturated carbocycles. The van der Waals surface area contributed by atoms with Gasteiger partial charge in [0.1, 0.15) is 6.04 Å². The molecule has 0 aliphatic carbocycles. The number of nitrogens with one attached hydrogen (secondary N) is 1. The zero-order valence-corrected chi connectivity index (χ0v) is 18.8. The van der Waals surface area contributed by atoms with Crippen molar-refractivity contribution in [3.8, 4) is 0 Å². The van der Waals surface area contributed by atoms with Crippen molar-refractivity contribution in [3.05, 3.63) is 70.7 Å². The summed E-state index contributed by atoms with van der Waals surface area (Å²) in [6.45, 7) is 6.21. The van der Waals surface area contributed by atoms with E-state index in [1.807, 2.05) is 75.4 Å². The quantitative estimate of drug-likeness (QED) is 0.580. The second-order valence-electron chi connectivity index (χ2n) is 7.22. The fourth-order valence-corrected chi connectivity index (χ4v) is 4.12. The van der Waals surface area contributed by atoms with E-state index < -0.39 is 6.04 Å². The number of hydrogen-bond acceptors (Lipinski definition) is 3. The molecule has 2 aromatic carbocycles. The molecule has 0 aliphatic rings. The van der Waals surface area contributed by atoms with Crippen molar-refractivity contribution in [2.75, 3.05) is 5.75 Å². The molecule has 1 unspecified atom stereocenters. The van der Waals surface area contributed by atoms with Gasteiger partial charge in [0.2, 0.25) is 11.8 Å². The number of carbonyl (C=O) groups excluding carboxylic acids is 2. The molecule has 0 radical (unpaired) electrons. The van der Waals surface area contributed by atoms with Gasteiger partial charge in [0.15, 0.2) is 0 Å². The zero-order chi connectivity index (χ0) is 21.2. The Bertz CT molecular complexity index is 798. The summed E-state index contributed by atoms with van der Waals surface area (Å²) in [6.07, 6.45) is 0.566. The molecule has 29 heavy (non-hydrogen) atoms. The Labute approximate surface area is 183 Å². The van der Waals surface area contributed by atoms with Gasteiger partial charge < -0.3 is 10.2 Å². The second-order valence-corrected chi connectivity index (χ2v) is 8.64. The second kappa shape index (κ2) is 11.9. The molecule has 2 rings (SSSR count). The Hall–Kier alpha value is -1.98. The van der Waals surface area contributed by atoms with Crippen LogP contribution in [0.15, 0.2) is 54.6 Å². The lowest BCUT2D eigenvalue weighted by Gasteiger charge is -2.31. The molecule has 6 heteroatoms. The Morgan fingerprint density at radius 1 is 1.07 bits per heavy atom. The Kier molecular flexibility index (Phi) is 9.55. The van der Waals surface area contributed by atoms with Crippen LogP contribution < -0.4 is 5.32 Å². The number of nitrogens with zero attached hydrogens (tertiary/aromatic N) is 1. The van der Waals surface area contributed by atoms with Gasteiger partial charge in [0.25, 0.3) is 0 Å². The molecular weight excluding hydrogens is 404 g/mol. The monoisotopic (exact) mass is 432 g/mol. The predicted octanol–water partition coefficient (Wildman–Crippen LogP) is 4.91. The standard InChI is InChI=1S/C23H29ClN2O2S/c1-4-21(23(28)25-17(2)3)26(14-18-9-6-5-7-10-18)22(27)16-29-15-19-11-8-12-20(24)13-19/h5-13,17,21H,4,14-16H2,1-3H3,(H,25,28). The molecule has 0 aromatic heterocycles. The summed E-state index contributed by atoms with van der Waals surface area (Å²) < 4.78 is 0. The molecule has 1 N–H and O–H groups in total. The van der Waals surface area contributed by atoms with Crippen molar-refractivity contribution >= 4 is 35.2 Å². The first-order valence-corrected chi connectivity index (χ1v) is 11.4. The van der Waals surface area contributed by atoms with Crippen molar-refractivity contribution in [2.24, 2.45) is 0 Å². The summed E-state index contributed by atoms with van der Waals surface area (Å²) in [4.78, 5) is 27.5. The van der Waals surface area contributed by atoms with Gasteiger partial charge in [-0.05, 0) is 43.5 Å². The number of thioether (sulfide) groups is 1. The van der Waals surface area contributed by atoms with E-state index in [0.29, 0.717) is 29.5 Å². The van der Waals surface area contributed by atoms with Gasteiger partial charge >= 0.3 is 0 Å². The molecule has 2 aromatic rings. The maximum absolute atomic E-state index is 13.1. The normalized spacial score (nSPS) is 11.9. The van der Waals surface area contributed by atoms with Crippen LogP contribution in [-0.2, 0) is 21.9 Å². The van der Waals surface area contributed by atoms with Gasteiger partial charge in [-0.15, -0.1) is 11.8 Å². The molecule has 4 nitrogen and oxygen atoms in total. The van der Waals surface area contributed by atoms with E-state index in [4.69, 9.17) is 11.6 Å². The summed E-state index contributed by atoms with van der Waals surface area (Å²) in [5.41, 5.74) is 2.09. The lowest BCUT2D eigenvalue weighted by atomic mass is 10.1. The fraction of sp³-hybridized carbons (Fsp3) is 0.391. The molecule has 0 fully saturated rings. The first kappa shape index (κ1) is 23.3. The Morgan fingerprint density at radius 2 is 1.76 bits per heavy atom. The lowest BCUT2D eigenvalue weighted by Crippen LogP contribution is -2.50. The van der Waals surface area contributed by atoms with Crippen LogP contribution >= 0.6 is 23.4 Å². The van der Waals surface area contributed by atoms with Gasteiger partial charge in [-0.25, -0.2) is 0 Å². The fourth-order valence-electron chi connectivity index (χ4n) is 3.05. The average Bonchev–Trinajstić information content (AvgIpc) is 2.68. The molecule has 2 amide bonds. The van der Waals surface area contributed by atoms with E-state index in [2.05, 4.69) is 5.32 Å². The van der Waals surface area contributed by atoms with Crippen LogP contribution in [0, 0.1) is 0 Å². The van der Waals surface area contributed by atoms with Gasteiger partial charge in [-0.2, -0.15) is 0 Å². The van der Waals surface area contributed by atoms with E-state index in [1.54, 1.807) is 4.90 Å². The molecule has 1 atom stereocenters. The Morgan fingerprint density at radius 3 is 2.38 bits per heavy atom. The van der Waals surface area contributed by atoms with Crippen LogP contribution in [0.5, 0.6) is 0 Å². The summed E-state index contributed by atoms with van der Waals surface area (Å²) in [5.74, 6) is 0.865. The third-order valence-corrected chi connectivity index (χ3v) is 5.62. The topological polar surface area (TPSA) is 49.4 Å². The molecule has 0 bridgehead atoms. The Balaban J connectivity index is 2.09. The minimum Gasteiger partial charge on any atom is -0.352 e. The molecule has 0 saturated heterocycles. The highest BCUT2D eigenvalue weighted by Crippen LogP contribution is 2.19. The summed E-state index contributed by atoms with van der Waals surface area (Å²) >= 11 is 7.57. The third-order valence-electron chi connectivity index (χ3n) is 4.40. The van der Waals surface area contributed by atoms with Crippen molar-refractivity contribution < 1.29 is 9.59 Å². The maximum Gasteiger partial charge on any atom is 0.243 e. The smallest absolute Gasteiger partial charge is 0.243 e. The third kappa shape index (κ3) is 7.75. The van der Waals surface area contributed by atoms with Crippen LogP contribution in [-0.4, -0.2) is 34.6 Å². The minimum absolute atomic E-state index is 0.0300. The number of carbonyl (C=O) groups is 2. The SMILES string of the molecule is CCC(C(=O)NC(C)C)N(Cc1ccccc1)C(=O)CSCc1cccc(Cl)c1. The average molecular weight is 433 g/mol. The first-order valence-electron chi connectivity index (χ1n) is 9.86. The predicted molar refractivity (Wildman–Crippen MR) is 122 cm³/mol. The van der Waals surface area contributed by atoms with Crippen molar-refractivity contribution in [2.45, 2.75) is 51.6 Å². The molecule has 0 spiro atoms. The van der Waals surface area contributed by atoms with E-state index in [-0.39, 0.29) is 17.9 Å². The molecule has 0 heterocycles. The van der Waals surface area contributed by atoms with Gasteiger partial charge in [-0.3, -0.25) is 9.59 Å². The van der Waals surface area contributed by atoms with E-state index in [0.717, 1.165) is 11.1 Å². The van der Waals surface area contributed by atoms with E-state index >= 15 is 0 Å². The number of hydrogen-bond donors (Lipinski definition) is 1. The van der Waals surface area contributed by atoms with Gasteiger partial charge in [0, 0.05) is 23.4 Å². The van der Waals surface area contributed by atoms with Crippen LogP contribution in [0.2, 0.25) is 5.02 Å². The number of rotatable bonds is 10. The highest BCUT2D eigenvalue weighted by Gasteiger charge is 2.28. The minimum atomic E-state index is -0.489. The molecular formula is C23H29ClN2O2S. The maximum atomic E-state index is 13.1. The molecule has 156 valence electrons. The summed E-state index contributed by atoms with van der Waals surface area (Å²) in [6, 6.07) is 17.0. The largest absolute Gasteiger partial charge is 0.352 e. The summed E-state index contributed by atoms with van der Waals surface area (Å²) in [5, 5.41) is 3.64. The van der Waals surface area contributed by atoms with Crippen LogP contribution in [0.1, 0.15) is 38.3 Å². The van der Waals surface area contributed by atoms with Crippen LogP contribution in [0.4, 0.5) is 0 Å². The van der Waals surface area contributed by atoms with Crippen molar-refractivity contribution in [3.63, 3.8) is 0 Å². The van der Waals surface area contributed by atoms with Gasteiger partial charge in [0.05, 0.1) is 5.75 Å². The van der Waals surface area contributed by atoms with Crippen LogP contribution in [0.3, 0.4) is 0 Å². The first-order chi connectivity index (χ1) is 13.9. The van der Waals surface area contributed by atoms with E-state index in [1.165, 1.54) is 11.8 Å². The van der Waals surface area contributed by atoms with Crippen molar-refractivity contribution in [1.29, 1.82) is 0 Å². The van der Waals surface area contributed by atoms with Gasteiger partial charge in [-0.1, -0.05) is 61.0 Å². The number of benzene rings is 2. The summed E-state index contributed by atoms with van der Waals surface area (Å²) in [7, 11) is 0. The van der Waals surface area contributed by atoms with Crippen LogP contribution in [0.25, 0.3) is 0 Å². The number of halogens is 1. The van der Waals surface area contributed by atoms with E-state index in [9.17, 15) is 9.59 Å².